The first-order chi connectivity index (χ1) is 5.95. The SMILES string of the molecule is [CH]1CCN(Cc2cccnc2)C1. The molecule has 1 radical (unpaired) electrons. The maximum absolute atomic E-state index is 4.09. The van der Waals surface area contributed by atoms with Crippen molar-refractivity contribution in [3.05, 3.63) is 36.5 Å². The molecular formula is C10H13N2. The third-order valence-electron chi connectivity index (χ3n) is 2.17. The first-order valence-electron chi connectivity index (χ1n) is 4.38. The summed E-state index contributed by atoms with van der Waals surface area (Å²) in [6, 6.07) is 4.13. The molecule has 0 aliphatic carbocycles. The summed E-state index contributed by atoms with van der Waals surface area (Å²) in [6.45, 7) is 3.38. The lowest BCUT2D eigenvalue weighted by molar-refractivity contribution is 0.336. The number of hydrogen-bond acceptors (Lipinski definition) is 2. The molecule has 0 N–H and O–H groups in total. The molecule has 0 atom stereocenters. The monoisotopic (exact) mass is 161 g/mol. The Morgan fingerprint density at radius 3 is 3.17 bits per heavy atom. The molecule has 1 fully saturated rings. The van der Waals surface area contributed by atoms with Crippen LogP contribution in [-0.2, 0) is 6.54 Å². The normalized spacial score (nSPS) is 18.3. The molecule has 12 heavy (non-hydrogen) atoms. The quantitative estimate of drug-likeness (QED) is 0.653. The number of rotatable bonds is 2. The van der Waals surface area contributed by atoms with Gasteiger partial charge in [0.2, 0.25) is 0 Å². The van der Waals surface area contributed by atoms with Crippen molar-refractivity contribution in [2.45, 2.75) is 13.0 Å². The van der Waals surface area contributed by atoms with E-state index in [2.05, 4.69) is 22.4 Å². The first-order valence-corrected chi connectivity index (χ1v) is 4.38. The zero-order valence-electron chi connectivity index (χ0n) is 7.11. The van der Waals surface area contributed by atoms with Crippen LogP contribution in [0.4, 0.5) is 0 Å². The Labute approximate surface area is 73.2 Å². The van der Waals surface area contributed by atoms with E-state index in [1.54, 1.807) is 0 Å². The van der Waals surface area contributed by atoms with Gasteiger partial charge in [-0.15, -0.1) is 0 Å². The van der Waals surface area contributed by atoms with Gasteiger partial charge in [-0.1, -0.05) is 6.07 Å². The fourth-order valence-electron chi connectivity index (χ4n) is 1.53. The van der Waals surface area contributed by atoms with Gasteiger partial charge in [0.15, 0.2) is 0 Å². The summed E-state index contributed by atoms with van der Waals surface area (Å²) in [7, 11) is 0. The molecule has 2 heterocycles. The summed E-state index contributed by atoms with van der Waals surface area (Å²) in [5.41, 5.74) is 1.31. The third-order valence-corrected chi connectivity index (χ3v) is 2.17. The van der Waals surface area contributed by atoms with Gasteiger partial charge in [0.1, 0.15) is 0 Å². The second-order valence-electron chi connectivity index (χ2n) is 3.17. The highest BCUT2D eigenvalue weighted by Gasteiger charge is 2.11. The van der Waals surface area contributed by atoms with Gasteiger partial charge in [0.05, 0.1) is 0 Å². The largest absolute Gasteiger partial charge is 0.299 e. The summed E-state index contributed by atoms with van der Waals surface area (Å²) in [5, 5.41) is 0. The molecule has 0 unspecified atom stereocenters. The second-order valence-corrected chi connectivity index (χ2v) is 3.17. The highest BCUT2D eigenvalue weighted by Crippen LogP contribution is 2.10. The average Bonchev–Trinajstić information content (AvgIpc) is 2.59. The molecular weight excluding hydrogens is 148 g/mol. The standard InChI is InChI=1S/C10H13N2/c1-2-7-12(6-1)9-10-4-3-5-11-8-10/h1,3-5,8H,2,6-7,9H2. The van der Waals surface area contributed by atoms with Crippen molar-refractivity contribution in [3.8, 4) is 0 Å². The molecule has 0 bridgehead atoms. The van der Waals surface area contributed by atoms with Gasteiger partial charge in [0, 0.05) is 25.5 Å². The van der Waals surface area contributed by atoms with E-state index < -0.39 is 0 Å². The summed E-state index contributed by atoms with van der Waals surface area (Å²) in [4.78, 5) is 6.52. The molecule has 1 aromatic heterocycles. The summed E-state index contributed by atoms with van der Waals surface area (Å²) in [6.07, 6.45) is 7.33. The predicted molar refractivity (Wildman–Crippen MR) is 48.4 cm³/mol. The minimum absolute atomic E-state index is 1.05. The first kappa shape index (κ1) is 7.74. The van der Waals surface area contributed by atoms with Crippen LogP contribution in [0, 0.1) is 6.42 Å². The van der Waals surface area contributed by atoms with Gasteiger partial charge in [-0.05, 0) is 31.0 Å². The van der Waals surface area contributed by atoms with Crippen molar-refractivity contribution in [1.82, 2.24) is 9.88 Å². The summed E-state index contributed by atoms with van der Waals surface area (Å²) in [5.74, 6) is 0. The minimum atomic E-state index is 1.05. The third kappa shape index (κ3) is 1.83. The summed E-state index contributed by atoms with van der Waals surface area (Å²) >= 11 is 0. The van der Waals surface area contributed by atoms with Crippen LogP contribution in [-0.4, -0.2) is 23.0 Å². The number of nitrogens with zero attached hydrogens (tertiary/aromatic N) is 2. The second kappa shape index (κ2) is 3.68. The van der Waals surface area contributed by atoms with Crippen molar-refractivity contribution in [2.75, 3.05) is 13.1 Å². The van der Waals surface area contributed by atoms with Crippen LogP contribution < -0.4 is 0 Å². The highest BCUT2D eigenvalue weighted by molar-refractivity contribution is 5.08. The fraction of sp³-hybridized carbons (Fsp3) is 0.400. The molecule has 0 saturated carbocycles. The van der Waals surface area contributed by atoms with Gasteiger partial charge < -0.3 is 0 Å². The Balaban J connectivity index is 1.94. The number of likely N-dealkylation sites (tertiary alicyclic amines) is 1. The van der Waals surface area contributed by atoms with E-state index in [0.29, 0.717) is 0 Å². The van der Waals surface area contributed by atoms with Crippen LogP contribution in [0.25, 0.3) is 0 Å². The van der Waals surface area contributed by atoms with Gasteiger partial charge >= 0.3 is 0 Å². The van der Waals surface area contributed by atoms with Gasteiger partial charge in [-0.2, -0.15) is 0 Å². The molecule has 2 heteroatoms. The molecule has 2 rings (SSSR count). The predicted octanol–water partition coefficient (Wildman–Crippen LogP) is 1.49. The van der Waals surface area contributed by atoms with Crippen molar-refractivity contribution in [2.24, 2.45) is 0 Å². The zero-order chi connectivity index (χ0) is 8.23. The van der Waals surface area contributed by atoms with E-state index in [-0.39, 0.29) is 0 Å². The van der Waals surface area contributed by atoms with E-state index in [1.165, 1.54) is 18.5 Å². The number of pyridine rings is 1. The molecule has 1 aliphatic rings. The van der Waals surface area contributed by atoms with E-state index in [4.69, 9.17) is 0 Å². The number of aromatic nitrogens is 1. The fourth-order valence-corrected chi connectivity index (χ4v) is 1.53. The summed E-state index contributed by atoms with van der Waals surface area (Å²) < 4.78 is 0. The molecule has 1 saturated heterocycles. The molecule has 0 spiro atoms. The van der Waals surface area contributed by atoms with E-state index in [1.807, 2.05) is 18.5 Å². The molecule has 0 amide bonds. The van der Waals surface area contributed by atoms with Gasteiger partial charge in [0.25, 0.3) is 0 Å². The van der Waals surface area contributed by atoms with Crippen molar-refractivity contribution in [3.63, 3.8) is 0 Å². The Morgan fingerprint density at radius 1 is 1.50 bits per heavy atom. The van der Waals surface area contributed by atoms with Gasteiger partial charge in [-0.3, -0.25) is 9.88 Å². The van der Waals surface area contributed by atoms with Crippen molar-refractivity contribution >= 4 is 0 Å². The molecule has 0 aromatic carbocycles. The molecule has 2 nitrogen and oxygen atoms in total. The Hall–Kier alpha value is -0.890. The van der Waals surface area contributed by atoms with Crippen molar-refractivity contribution < 1.29 is 0 Å². The van der Waals surface area contributed by atoms with E-state index in [9.17, 15) is 0 Å². The van der Waals surface area contributed by atoms with Crippen LogP contribution in [0.2, 0.25) is 0 Å². The lowest BCUT2D eigenvalue weighted by Crippen LogP contribution is -2.18. The maximum Gasteiger partial charge on any atom is 0.0312 e. The molecule has 63 valence electrons. The lowest BCUT2D eigenvalue weighted by Gasteiger charge is -2.13. The van der Waals surface area contributed by atoms with E-state index >= 15 is 0 Å². The van der Waals surface area contributed by atoms with Crippen LogP contribution in [0.3, 0.4) is 0 Å². The zero-order valence-corrected chi connectivity index (χ0v) is 7.11. The maximum atomic E-state index is 4.09. The Bertz CT molecular complexity index is 227. The van der Waals surface area contributed by atoms with E-state index in [0.717, 1.165) is 13.1 Å². The smallest absolute Gasteiger partial charge is 0.0312 e. The van der Waals surface area contributed by atoms with Crippen molar-refractivity contribution in [1.29, 1.82) is 0 Å². The molecule has 1 aromatic rings. The number of hydrogen-bond donors (Lipinski definition) is 0. The Morgan fingerprint density at radius 2 is 2.50 bits per heavy atom. The van der Waals surface area contributed by atoms with Crippen LogP contribution in [0.15, 0.2) is 24.5 Å². The van der Waals surface area contributed by atoms with Crippen LogP contribution in [0.5, 0.6) is 0 Å². The average molecular weight is 161 g/mol. The highest BCUT2D eigenvalue weighted by atomic mass is 15.1. The van der Waals surface area contributed by atoms with Crippen LogP contribution in [0.1, 0.15) is 12.0 Å². The topological polar surface area (TPSA) is 16.1 Å². The Kier molecular flexibility index (Phi) is 2.37. The van der Waals surface area contributed by atoms with Gasteiger partial charge in [-0.25, -0.2) is 0 Å². The molecule has 1 aliphatic heterocycles. The van der Waals surface area contributed by atoms with Crippen LogP contribution >= 0.6 is 0 Å². The minimum Gasteiger partial charge on any atom is -0.299 e. The lowest BCUT2D eigenvalue weighted by atomic mass is 10.3.